The van der Waals surface area contributed by atoms with Gasteiger partial charge in [0, 0.05) is 12.2 Å². The predicted octanol–water partition coefficient (Wildman–Crippen LogP) is -0.494. The Labute approximate surface area is 73.5 Å². The molecule has 0 aromatic carbocycles. The zero-order valence-electron chi connectivity index (χ0n) is 6.60. The third kappa shape index (κ3) is 7.96. The van der Waals surface area contributed by atoms with Crippen molar-refractivity contribution in [2.45, 2.75) is 0 Å². The molecule has 70 valence electrons. The van der Waals surface area contributed by atoms with Crippen LogP contribution in [0, 0.1) is 0 Å². The molecule has 0 saturated heterocycles. The molecule has 0 saturated carbocycles. The van der Waals surface area contributed by atoms with Gasteiger partial charge in [-0.2, -0.15) is 0 Å². The number of ether oxygens (including phenoxy) is 1. The second-order valence-electron chi connectivity index (χ2n) is 1.81. The van der Waals surface area contributed by atoms with Crippen LogP contribution in [-0.2, 0) is 19.1 Å². The number of rotatable bonds is 5. The van der Waals surface area contributed by atoms with Crippen molar-refractivity contribution in [3.63, 3.8) is 0 Å². The van der Waals surface area contributed by atoms with Crippen molar-refractivity contribution < 1.29 is 24.2 Å². The van der Waals surface area contributed by atoms with E-state index in [9.17, 15) is 14.4 Å². The Kier molecular flexibility index (Phi) is 5.74. The van der Waals surface area contributed by atoms with Gasteiger partial charge in [-0.15, -0.1) is 0 Å². The zero-order chi connectivity index (χ0) is 10.1. The van der Waals surface area contributed by atoms with E-state index in [2.05, 4.69) is 9.73 Å². The van der Waals surface area contributed by atoms with Crippen molar-refractivity contribution in [1.29, 1.82) is 0 Å². The molecule has 0 aromatic heterocycles. The second-order valence-corrected chi connectivity index (χ2v) is 1.81. The summed E-state index contributed by atoms with van der Waals surface area (Å²) < 4.78 is 4.43. The van der Waals surface area contributed by atoms with Crippen LogP contribution < -0.4 is 0 Å². The van der Waals surface area contributed by atoms with Crippen LogP contribution in [0.15, 0.2) is 17.1 Å². The molecule has 6 nitrogen and oxygen atoms in total. The summed E-state index contributed by atoms with van der Waals surface area (Å²) in [5.41, 5.74) is 0. The average Bonchev–Trinajstić information content (AvgIpc) is 2.09. The van der Waals surface area contributed by atoms with E-state index < -0.39 is 11.9 Å². The highest BCUT2D eigenvalue weighted by molar-refractivity contribution is 5.90. The van der Waals surface area contributed by atoms with E-state index in [4.69, 9.17) is 5.11 Å². The molecule has 0 aliphatic heterocycles. The molecule has 0 aromatic rings. The van der Waals surface area contributed by atoms with Crippen LogP contribution in [0.5, 0.6) is 0 Å². The van der Waals surface area contributed by atoms with Crippen molar-refractivity contribution >= 4 is 18.0 Å². The molecule has 0 radical (unpaired) electrons. The van der Waals surface area contributed by atoms with Crippen molar-refractivity contribution in [3.05, 3.63) is 12.2 Å². The fourth-order valence-corrected chi connectivity index (χ4v) is 0.425. The first-order chi connectivity index (χ1) is 6.16. The lowest BCUT2D eigenvalue weighted by molar-refractivity contribution is -0.138. The quantitative estimate of drug-likeness (QED) is 0.205. The fourth-order valence-electron chi connectivity index (χ4n) is 0.425. The molecule has 0 spiro atoms. The molecular formula is C7H7NO5. The number of carboxylic acids is 1. The van der Waals surface area contributed by atoms with Crippen LogP contribution in [0.4, 0.5) is 0 Å². The molecule has 0 unspecified atom stereocenters. The number of carbonyl (C=O) groups excluding carboxylic acids is 2. The number of carbonyl (C=O) groups is 2. The van der Waals surface area contributed by atoms with E-state index in [1.54, 1.807) is 0 Å². The normalized spacial score (nSPS) is 9.23. The van der Waals surface area contributed by atoms with Crippen LogP contribution in [0.25, 0.3) is 0 Å². The Morgan fingerprint density at radius 2 is 2.15 bits per heavy atom. The maximum absolute atomic E-state index is 10.6. The molecular weight excluding hydrogens is 178 g/mol. The highest BCUT2D eigenvalue weighted by Gasteiger charge is 1.96. The minimum absolute atomic E-state index is 0.0240. The van der Waals surface area contributed by atoms with E-state index >= 15 is 0 Å². The molecule has 0 fully saturated rings. The Morgan fingerprint density at radius 3 is 2.69 bits per heavy atom. The van der Waals surface area contributed by atoms with Gasteiger partial charge in [-0.1, -0.05) is 0 Å². The van der Waals surface area contributed by atoms with Gasteiger partial charge in [-0.25, -0.2) is 19.4 Å². The van der Waals surface area contributed by atoms with Gasteiger partial charge in [0.05, 0.1) is 6.54 Å². The van der Waals surface area contributed by atoms with Gasteiger partial charge in [0.1, 0.15) is 6.61 Å². The average molecular weight is 185 g/mol. The number of nitrogens with zero attached hydrogens (tertiary/aromatic N) is 1. The monoisotopic (exact) mass is 185 g/mol. The van der Waals surface area contributed by atoms with Gasteiger partial charge >= 0.3 is 11.9 Å². The predicted molar refractivity (Wildman–Crippen MR) is 40.7 cm³/mol. The summed E-state index contributed by atoms with van der Waals surface area (Å²) in [6.07, 6.45) is 2.69. The van der Waals surface area contributed by atoms with Gasteiger partial charge in [-0.3, -0.25) is 0 Å². The standard InChI is InChI=1S/C7H7NO5/c9-5-8-3-4-13-7(12)2-1-6(10)11/h1-2H,3-4H2,(H,10,11)/b2-1+. The number of carboxylic acid groups (broad SMARTS) is 1. The molecule has 0 atom stereocenters. The first-order valence-corrected chi connectivity index (χ1v) is 3.28. The summed E-state index contributed by atoms with van der Waals surface area (Å²) in [4.78, 5) is 33.2. The smallest absolute Gasteiger partial charge is 0.331 e. The Bertz CT molecular complexity index is 264. The Balaban J connectivity index is 3.63. The number of isocyanates is 1. The topological polar surface area (TPSA) is 93.0 Å². The van der Waals surface area contributed by atoms with E-state index in [1.165, 1.54) is 6.08 Å². The number of esters is 1. The molecule has 6 heteroatoms. The van der Waals surface area contributed by atoms with Crippen LogP contribution in [0.3, 0.4) is 0 Å². The van der Waals surface area contributed by atoms with Gasteiger partial charge in [0.25, 0.3) is 0 Å². The lowest BCUT2D eigenvalue weighted by Crippen LogP contribution is -2.05. The molecule has 0 aliphatic rings. The van der Waals surface area contributed by atoms with E-state index in [-0.39, 0.29) is 13.2 Å². The van der Waals surface area contributed by atoms with Crippen LogP contribution >= 0.6 is 0 Å². The number of aliphatic imine (C=N–C) groups is 1. The summed E-state index contributed by atoms with van der Waals surface area (Å²) in [6.45, 7) is -0.0474. The summed E-state index contributed by atoms with van der Waals surface area (Å²) in [6, 6.07) is 0. The van der Waals surface area contributed by atoms with Crippen LogP contribution in [-0.4, -0.2) is 36.3 Å². The summed E-state index contributed by atoms with van der Waals surface area (Å²) >= 11 is 0. The van der Waals surface area contributed by atoms with Crippen molar-refractivity contribution in [3.8, 4) is 0 Å². The Hall–Kier alpha value is -1.94. The molecule has 0 bridgehead atoms. The SMILES string of the molecule is O=C=NCCOC(=O)/C=C/C(=O)O. The second kappa shape index (κ2) is 6.75. The van der Waals surface area contributed by atoms with Gasteiger partial charge in [0.15, 0.2) is 0 Å². The summed E-state index contributed by atoms with van der Waals surface area (Å²) in [5.74, 6) is -2.02. The maximum atomic E-state index is 10.6. The number of hydrogen-bond donors (Lipinski definition) is 1. The van der Waals surface area contributed by atoms with Crippen molar-refractivity contribution in [2.75, 3.05) is 13.2 Å². The van der Waals surface area contributed by atoms with Crippen molar-refractivity contribution in [2.24, 2.45) is 4.99 Å². The minimum Gasteiger partial charge on any atom is -0.478 e. The molecule has 13 heavy (non-hydrogen) atoms. The van der Waals surface area contributed by atoms with Crippen LogP contribution in [0.2, 0.25) is 0 Å². The Morgan fingerprint density at radius 1 is 1.46 bits per heavy atom. The first-order valence-electron chi connectivity index (χ1n) is 3.28. The third-order valence-corrected chi connectivity index (χ3v) is 0.874. The van der Waals surface area contributed by atoms with E-state index in [1.807, 2.05) is 0 Å². The molecule has 0 amide bonds. The van der Waals surface area contributed by atoms with Crippen molar-refractivity contribution in [1.82, 2.24) is 0 Å². The fraction of sp³-hybridized carbons (Fsp3) is 0.286. The molecule has 1 N–H and O–H groups in total. The van der Waals surface area contributed by atoms with Gasteiger partial charge in [-0.05, 0) is 0 Å². The zero-order valence-corrected chi connectivity index (χ0v) is 6.60. The van der Waals surface area contributed by atoms with Crippen LogP contribution in [0.1, 0.15) is 0 Å². The largest absolute Gasteiger partial charge is 0.478 e. The number of hydrogen-bond acceptors (Lipinski definition) is 5. The van der Waals surface area contributed by atoms with E-state index in [0.29, 0.717) is 6.08 Å². The van der Waals surface area contributed by atoms with Gasteiger partial charge < -0.3 is 9.84 Å². The number of aliphatic carboxylic acids is 1. The lowest BCUT2D eigenvalue weighted by atomic mass is 10.5. The highest BCUT2D eigenvalue weighted by Crippen LogP contribution is 1.82. The minimum atomic E-state index is -1.23. The maximum Gasteiger partial charge on any atom is 0.331 e. The summed E-state index contributed by atoms with van der Waals surface area (Å²) in [5, 5.41) is 8.11. The third-order valence-electron chi connectivity index (χ3n) is 0.874. The molecule has 0 rings (SSSR count). The highest BCUT2D eigenvalue weighted by atomic mass is 16.5. The van der Waals surface area contributed by atoms with E-state index in [0.717, 1.165) is 6.08 Å². The summed E-state index contributed by atoms with van der Waals surface area (Å²) in [7, 11) is 0. The first kappa shape index (κ1) is 11.1. The molecule has 0 heterocycles. The molecule has 0 aliphatic carbocycles. The van der Waals surface area contributed by atoms with Gasteiger partial charge in [0.2, 0.25) is 6.08 Å². The lowest BCUT2D eigenvalue weighted by Gasteiger charge is -1.95.